The Morgan fingerprint density at radius 2 is 2.16 bits per heavy atom. The largest absolute Gasteiger partial charge is 0.291 e. The third kappa shape index (κ3) is 3.17. The van der Waals surface area contributed by atoms with E-state index < -0.39 is 5.41 Å². The Labute approximate surface area is 116 Å². The maximum atomic E-state index is 12.0. The summed E-state index contributed by atoms with van der Waals surface area (Å²) in [6.45, 7) is 7.60. The van der Waals surface area contributed by atoms with E-state index in [9.17, 15) is 4.79 Å². The van der Waals surface area contributed by atoms with Gasteiger partial charge in [0.2, 0.25) is 0 Å². The summed E-state index contributed by atoms with van der Waals surface area (Å²) in [5.41, 5.74) is 0.442. The summed E-state index contributed by atoms with van der Waals surface area (Å²) in [6, 6.07) is 3.81. The van der Waals surface area contributed by atoms with Crippen molar-refractivity contribution >= 4 is 17.2 Å². The fourth-order valence-corrected chi connectivity index (χ4v) is 2.30. The quantitative estimate of drug-likeness (QED) is 0.803. The van der Waals surface area contributed by atoms with Crippen molar-refractivity contribution in [3.63, 3.8) is 0 Å². The highest BCUT2D eigenvalue weighted by atomic mass is 32.1. The summed E-state index contributed by atoms with van der Waals surface area (Å²) in [6.07, 6.45) is 5.45. The van der Waals surface area contributed by atoms with Crippen molar-refractivity contribution in [2.45, 2.75) is 27.7 Å². The molecule has 0 aromatic carbocycles. The Bertz CT molecular complexity index is 647. The van der Waals surface area contributed by atoms with E-state index in [0.29, 0.717) is 4.80 Å². The first-order chi connectivity index (χ1) is 8.88. The van der Waals surface area contributed by atoms with E-state index in [1.165, 1.54) is 11.3 Å². The molecule has 1 amide bonds. The van der Waals surface area contributed by atoms with Crippen LogP contribution in [0.4, 0.5) is 0 Å². The second-order valence-corrected chi connectivity index (χ2v) is 6.59. The summed E-state index contributed by atoms with van der Waals surface area (Å²) in [7, 11) is 0. The lowest BCUT2D eigenvalue weighted by Crippen LogP contribution is -2.22. The van der Waals surface area contributed by atoms with Crippen LogP contribution in [0.3, 0.4) is 0 Å². The van der Waals surface area contributed by atoms with Crippen LogP contribution < -0.4 is 4.80 Å². The maximum Gasteiger partial charge on any atom is 0.253 e. The maximum absolute atomic E-state index is 12.0. The van der Waals surface area contributed by atoms with Gasteiger partial charge in [-0.15, -0.1) is 11.3 Å². The molecule has 0 fully saturated rings. The van der Waals surface area contributed by atoms with Crippen LogP contribution >= 0.6 is 11.3 Å². The van der Waals surface area contributed by atoms with Crippen molar-refractivity contribution < 1.29 is 4.79 Å². The summed E-state index contributed by atoms with van der Waals surface area (Å²) >= 11 is 1.50. The number of aromatic nitrogens is 2. The SMILES string of the molecule is Cc1cn(-c2cccnc2)/c(=N/C(=O)C(C)(C)C)s1. The number of nitrogens with zero attached hydrogens (tertiary/aromatic N) is 3. The lowest BCUT2D eigenvalue weighted by atomic mass is 9.96. The summed E-state index contributed by atoms with van der Waals surface area (Å²) in [5, 5.41) is 0. The Morgan fingerprint density at radius 3 is 2.74 bits per heavy atom. The number of pyridine rings is 1. The number of amides is 1. The van der Waals surface area contributed by atoms with E-state index in [0.717, 1.165) is 10.6 Å². The normalized spacial score (nSPS) is 12.7. The van der Waals surface area contributed by atoms with Crippen LogP contribution in [-0.2, 0) is 4.79 Å². The second-order valence-electron chi connectivity index (χ2n) is 5.37. The molecule has 0 saturated carbocycles. The van der Waals surface area contributed by atoms with Crippen molar-refractivity contribution in [1.29, 1.82) is 0 Å². The van der Waals surface area contributed by atoms with Gasteiger partial charge in [0.15, 0.2) is 4.80 Å². The first-order valence-corrected chi connectivity index (χ1v) is 6.88. The molecule has 0 radical (unpaired) electrons. The smallest absolute Gasteiger partial charge is 0.253 e. The van der Waals surface area contributed by atoms with Gasteiger partial charge in [-0.05, 0) is 19.1 Å². The van der Waals surface area contributed by atoms with Crippen LogP contribution in [0.15, 0.2) is 35.7 Å². The third-order valence-corrected chi connectivity index (χ3v) is 3.43. The summed E-state index contributed by atoms with van der Waals surface area (Å²) in [5.74, 6) is -0.119. The molecule has 0 atom stereocenters. The summed E-state index contributed by atoms with van der Waals surface area (Å²) in [4.78, 5) is 22.2. The molecule has 0 N–H and O–H groups in total. The zero-order chi connectivity index (χ0) is 14.0. The zero-order valence-electron chi connectivity index (χ0n) is 11.5. The standard InChI is InChI=1S/C14H17N3OS/c1-10-9-17(11-6-5-7-15-8-11)13(19-10)16-12(18)14(2,3)4/h5-9H,1-4H3/b16-13-. The van der Waals surface area contributed by atoms with Gasteiger partial charge in [-0.25, -0.2) is 0 Å². The highest BCUT2D eigenvalue weighted by Gasteiger charge is 2.20. The van der Waals surface area contributed by atoms with E-state index in [2.05, 4.69) is 9.98 Å². The highest BCUT2D eigenvalue weighted by Crippen LogP contribution is 2.15. The van der Waals surface area contributed by atoms with Crippen LogP contribution in [0.2, 0.25) is 0 Å². The lowest BCUT2D eigenvalue weighted by Gasteiger charge is -2.11. The molecular weight excluding hydrogens is 258 g/mol. The number of aryl methyl sites for hydroxylation is 1. The van der Waals surface area contributed by atoms with Crippen molar-refractivity contribution in [3.05, 3.63) is 40.4 Å². The number of hydrogen-bond acceptors (Lipinski definition) is 3. The monoisotopic (exact) mass is 275 g/mol. The first-order valence-electron chi connectivity index (χ1n) is 6.06. The molecule has 0 unspecified atom stereocenters. The predicted molar refractivity (Wildman–Crippen MR) is 76.2 cm³/mol. The van der Waals surface area contributed by atoms with E-state index in [1.54, 1.807) is 12.4 Å². The van der Waals surface area contributed by atoms with Gasteiger partial charge < -0.3 is 0 Å². The Morgan fingerprint density at radius 1 is 1.42 bits per heavy atom. The van der Waals surface area contributed by atoms with Crippen LogP contribution in [0.5, 0.6) is 0 Å². The van der Waals surface area contributed by atoms with Gasteiger partial charge in [0.1, 0.15) is 0 Å². The topological polar surface area (TPSA) is 47.2 Å². The molecule has 0 aliphatic carbocycles. The molecule has 2 heterocycles. The molecule has 0 aliphatic rings. The minimum Gasteiger partial charge on any atom is -0.291 e. The van der Waals surface area contributed by atoms with Crippen molar-refractivity contribution in [2.75, 3.05) is 0 Å². The molecular formula is C14H17N3OS. The van der Waals surface area contributed by atoms with Gasteiger partial charge in [0.25, 0.3) is 5.91 Å². The van der Waals surface area contributed by atoms with Crippen LogP contribution in [0, 0.1) is 12.3 Å². The van der Waals surface area contributed by atoms with Crippen LogP contribution in [0.25, 0.3) is 5.69 Å². The third-order valence-electron chi connectivity index (χ3n) is 2.53. The predicted octanol–water partition coefficient (Wildman–Crippen LogP) is 2.72. The molecule has 0 bridgehead atoms. The fraction of sp³-hybridized carbons (Fsp3) is 0.357. The molecule has 0 saturated heterocycles. The molecule has 100 valence electrons. The molecule has 0 aliphatic heterocycles. The molecule has 5 heteroatoms. The summed E-state index contributed by atoms with van der Waals surface area (Å²) < 4.78 is 1.90. The van der Waals surface area contributed by atoms with E-state index >= 15 is 0 Å². The van der Waals surface area contributed by atoms with Gasteiger partial charge in [0, 0.05) is 22.7 Å². The van der Waals surface area contributed by atoms with Crippen molar-refractivity contribution in [3.8, 4) is 5.69 Å². The minimum atomic E-state index is -0.468. The first kappa shape index (κ1) is 13.7. The van der Waals surface area contributed by atoms with Crippen molar-refractivity contribution in [1.82, 2.24) is 9.55 Å². The molecule has 2 aromatic heterocycles. The van der Waals surface area contributed by atoms with E-state index in [-0.39, 0.29) is 5.91 Å². The number of carbonyl (C=O) groups excluding carboxylic acids is 1. The van der Waals surface area contributed by atoms with Crippen LogP contribution in [0.1, 0.15) is 25.6 Å². The van der Waals surface area contributed by atoms with Gasteiger partial charge in [-0.2, -0.15) is 4.99 Å². The van der Waals surface area contributed by atoms with Gasteiger partial charge in [-0.3, -0.25) is 14.3 Å². The Hall–Kier alpha value is -1.75. The molecule has 19 heavy (non-hydrogen) atoms. The molecule has 2 rings (SSSR count). The number of carbonyl (C=O) groups is 1. The number of hydrogen-bond donors (Lipinski definition) is 0. The van der Waals surface area contributed by atoms with Crippen molar-refractivity contribution in [2.24, 2.45) is 10.4 Å². The molecule has 4 nitrogen and oxygen atoms in total. The fourth-order valence-electron chi connectivity index (χ4n) is 1.47. The van der Waals surface area contributed by atoms with Crippen LogP contribution in [-0.4, -0.2) is 15.5 Å². The lowest BCUT2D eigenvalue weighted by molar-refractivity contribution is -0.125. The Balaban J connectivity index is 2.54. The Kier molecular flexibility index (Phi) is 3.66. The average Bonchev–Trinajstić information content (AvgIpc) is 2.70. The van der Waals surface area contributed by atoms with E-state index in [1.807, 2.05) is 50.6 Å². The molecule has 0 spiro atoms. The number of thiazole rings is 1. The average molecular weight is 275 g/mol. The second kappa shape index (κ2) is 5.09. The highest BCUT2D eigenvalue weighted by molar-refractivity contribution is 7.09. The number of rotatable bonds is 1. The van der Waals surface area contributed by atoms with E-state index in [4.69, 9.17) is 0 Å². The van der Waals surface area contributed by atoms with Gasteiger partial charge >= 0.3 is 0 Å². The van der Waals surface area contributed by atoms with Gasteiger partial charge in [-0.1, -0.05) is 20.8 Å². The minimum absolute atomic E-state index is 0.119. The molecule has 2 aromatic rings. The zero-order valence-corrected chi connectivity index (χ0v) is 12.4. The van der Waals surface area contributed by atoms with Gasteiger partial charge in [0.05, 0.1) is 11.9 Å².